The highest BCUT2D eigenvalue weighted by molar-refractivity contribution is 7.80. The highest BCUT2D eigenvalue weighted by atomic mass is 35.5. The molecule has 0 aromatic heterocycles. The van der Waals surface area contributed by atoms with Gasteiger partial charge in [-0.25, -0.2) is 4.39 Å². The molecule has 0 amide bonds. The molecule has 132 valence electrons. The van der Waals surface area contributed by atoms with Crippen molar-refractivity contribution in [3.63, 3.8) is 0 Å². The van der Waals surface area contributed by atoms with E-state index in [1.54, 1.807) is 6.07 Å². The third-order valence-electron chi connectivity index (χ3n) is 4.27. The third kappa shape index (κ3) is 4.83. The number of thiocarbonyl (C=S) groups is 1. The minimum Gasteiger partial charge on any atom is -0.371 e. The van der Waals surface area contributed by atoms with E-state index >= 15 is 0 Å². The third-order valence-corrected chi connectivity index (χ3v) is 4.81. The SMILES string of the molecule is Fc1ccc(NC(=S)NCCCN2CCCc3ccccc32)cc1Cl. The van der Waals surface area contributed by atoms with Crippen molar-refractivity contribution in [2.24, 2.45) is 0 Å². The van der Waals surface area contributed by atoms with Crippen molar-refractivity contribution in [3.8, 4) is 0 Å². The molecule has 2 N–H and O–H groups in total. The Labute approximate surface area is 158 Å². The van der Waals surface area contributed by atoms with Gasteiger partial charge >= 0.3 is 0 Å². The van der Waals surface area contributed by atoms with Crippen LogP contribution in [0.15, 0.2) is 42.5 Å². The van der Waals surface area contributed by atoms with Crippen molar-refractivity contribution in [3.05, 3.63) is 58.9 Å². The molecule has 1 aliphatic rings. The second-order valence-electron chi connectivity index (χ2n) is 6.08. The summed E-state index contributed by atoms with van der Waals surface area (Å²) in [7, 11) is 0. The molecule has 3 nitrogen and oxygen atoms in total. The zero-order chi connectivity index (χ0) is 17.6. The van der Waals surface area contributed by atoms with Crippen LogP contribution in [0.25, 0.3) is 0 Å². The fourth-order valence-electron chi connectivity index (χ4n) is 3.06. The van der Waals surface area contributed by atoms with E-state index in [0.717, 1.165) is 26.1 Å². The number of anilines is 2. The Kier molecular flexibility index (Phi) is 6.10. The molecule has 0 saturated carbocycles. The number of aryl methyl sites for hydroxylation is 1. The molecule has 0 bridgehead atoms. The van der Waals surface area contributed by atoms with Gasteiger partial charge in [0.1, 0.15) is 5.82 Å². The number of nitrogens with one attached hydrogen (secondary N) is 2. The predicted molar refractivity (Wildman–Crippen MR) is 107 cm³/mol. The first kappa shape index (κ1) is 18.0. The van der Waals surface area contributed by atoms with E-state index in [2.05, 4.69) is 39.8 Å². The Morgan fingerprint density at radius 2 is 2.08 bits per heavy atom. The smallest absolute Gasteiger partial charge is 0.170 e. The predicted octanol–water partition coefficient (Wildman–Crippen LogP) is 4.61. The van der Waals surface area contributed by atoms with Crippen LogP contribution in [0.1, 0.15) is 18.4 Å². The summed E-state index contributed by atoms with van der Waals surface area (Å²) in [6.07, 6.45) is 3.36. The van der Waals surface area contributed by atoms with Gasteiger partial charge in [-0.2, -0.15) is 0 Å². The van der Waals surface area contributed by atoms with Gasteiger partial charge < -0.3 is 15.5 Å². The van der Waals surface area contributed by atoms with Gasteiger partial charge in [0.05, 0.1) is 5.02 Å². The number of nitrogens with zero attached hydrogens (tertiary/aromatic N) is 1. The van der Waals surface area contributed by atoms with Gasteiger partial charge in [0, 0.05) is 31.0 Å². The first-order valence-electron chi connectivity index (χ1n) is 8.46. The van der Waals surface area contributed by atoms with E-state index in [1.165, 1.54) is 36.2 Å². The lowest BCUT2D eigenvalue weighted by atomic mass is 10.0. The summed E-state index contributed by atoms with van der Waals surface area (Å²) in [6.45, 7) is 2.88. The highest BCUT2D eigenvalue weighted by Gasteiger charge is 2.15. The summed E-state index contributed by atoms with van der Waals surface area (Å²) in [5.74, 6) is -0.437. The van der Waals surface area contributed by atoms with Crippen LogP contribution in [-0.4, -0.2) is 24.7 Å². The van der Waals surface area contributed by atoms with Crippen LogP contribution in [0, 0.1) is 5.82 Å². The Bertz CT molecular complexity index is 753. The summed E-state index contributed by atoms with van der Waals surface area (Å²) in [5.41, 5.74) is 3.47. The average Bonchev–Trinajstić information content (AvgIpc) is 2.62. The molecule has 2 aromatic carbocycles. The molecule has 0 unspecified atom stereocenters. The van der Waals surface area contributed by atoms with E-state index in [-0.39, 0.29) is 5.02 Å². The molecule has 0 radical (unpaired) electrons. The number of halogens is 2. The van der Waals surface area contributed by atoms with Crippen molar-refractivity contribution < 1.29 is 4.39 Å². The molecule has 0 saturated heterocycles. The van der Waals surface area contributed by atoms with Gasteiger partial charge in [0.2, 0.25) is 0 Å². The summed E-state index contributed by atoms with van der Waals surface area (Å²) in [4.78, 5) is 2.44. The second-order valence-corrected chi connectivity index (χ2v) is 6.90. The standard InChI is InChI=1S/C19H21ClFN3S/c20-16-13-15(8-9-17(16)21)23-19(25)22-10-4-12-24-11-3-6-14-5-1-2-7-18(14)24/h1-2,5,7-9,13H,3-4,6,10-12H2,(H2,22,23,25). The molecule has 0 aliphatic carbocycles. The topological polar surface area (TPSA) is 27.3 Å². The Balaban J connectivity index is 1.43. The highest BCUT2D eigenvalue weighted by Crippen LogP contribution is 2.26. The lowest BCUT2D eigenvalue weighted by Crippen LogP contribution is -2.34. The van der Waals surface area contributed by atoms with Crippen molar-refractivity contribution in [1.82, 2.24) is 5.32 Å². The maximum absolute atomic E-state index is 13.2. The van der Waals surface area contributed by atoms with Crippen molar-refractivity contribution >= 4 is 40.3 Å². The van der Waals surface area contributed by atoms with Crippen LogP contribution < -0.4 is 15.5 Å². The fourth-order valence-corrected chi connectivity index (χ4v) is 3.47. The van der Waals surface area contributed by atoms with Gasteiger partial charge in [0.15, 0.2) is 5.11 Å². The number of rotatable bonds is 5. The van der Waals surface area contributed by atoms with Crippen molar-refractivity contribution in [2.45, 2.75) is 19.3 Å². The van der Waals surface area contributed by atoms with Crippen LogP contribution in [0.2, 0.25) is 5.02 Å². The van der Waals surface area contributed by atoms with Crippen LogP contribution in [-0.2, 0) is 6.42 Å². The van der Waals surface area contributed by atoms with Gasteiger partial charge in [-0.05, 0) is 61.3 Å². The average molecular weight is 378 g/mol. The zero-order valence-corrected chi connectivity index (χ0v) is 15.5. The van der Waals surface area contributed by atoms with Crippen LogP contribution in [0.5, 0.6) is 0 Å². The Hall–Kier alpha value is -1.85. The summed E-state index contributed by atoms with van der Waals surface area (Å²) < 4.78 is 13.2. The number of para-hydroxylation sites is 1. The normalized spacial score (nSPS) is 13.3. The molecular weight excluding hydrogens is 357 g/mol. The lowest BCUT2D eigenvalue weighted by Gasteiger charge is -2.31. The zero-order valence-electron chi connectivity index (χ0n) is 13.9. The number of hydrogen-bond acceptors (Lipinski definition) is 2. The van der Waals surface area contributed by atoms with Gasteiger partial charge in [-0.15, -0.1) is 0 Å². The molecule has 0 atom stereocenters. The maximum Gasteiger partial charge on any atom is 0.170 e. The van der Waals surface area contributed by atoms with E-state index in [9.17, 15) is 4.39 Å². The number of hydrogen-bond donors (Lipinski definition) is 2. The molecule has 1 heterocycles. The lowest BCUT2D eigenvalue weighted by molar-refractivity contribution is 0.628. The molecule has 3 rings (SSSR count). The van der Waals surface area contributed by atoms with Gasteiger partial charge in [-0.1, -0.05) is 29.8 Å². The molecule has 2 aromatic rings. The molecule has 0 spiro atoms. The van der Waals surface area contributed by atoms with Gasteiger partial charge in [0.25, 0.3) is 0 Å². The summed E-state index contributed by atoms with van der Waals surface area (Å²) in [5, 5.41) is 6.80. The summed E-state index contributed by atoms with van der Waals surface area (Å²) >= 11 is 11.0. The van der Waals surface area contributed by atoms with E-state index in [1.807, 2.05) is 0 Å². The minimum absolute atomic E-state index is 0.0802. The van der Waals surface area contributed by atoms with Crippen LogP contribution in [0.4, 0.5) is 15.8 Å². The molecule has 0 fully saturated rings. The first-order chi connectivity index (χ1) is 12.1. The number of fused-ring (bicyclic) bond motifs is 1. The Morgan fingerprint density at radius 1 is 1.24 bits per heavy atom. The molecule has 1 aliphatic heterocycles. The van der Waals surface area contributed by atoms with E-state index in [4.69, 9.17) is 23.8 Å². The molecule has 6 heteroatoms. The van der Waals surface area contributed by atoms with E-state index < -0.39 is 5.82 Å². The minimum atomic E-state index is -0.437. The van der Waals surface area contributed by atoms with E-state index in [0.29, 0.717) is 10.8 Å². The monoisotopic (exact) mass is 377 g/mol. The van der Waals surface area contributed by atoms with Gasteiger partial charge in [-0.3, -0.25) is 0 Å². The molecular formula is C19H21ClFN3S. The molecule has 25 heavy (non-hydrogen) atoms. The van der Waals surface area contributed by atoms with Crippen molar-refractivity contribution in [2.75, 3.05) is 29.9 Å². The quantitative estimate of drug-likeness (QED) is 0.587. The van der Waals surface area contributed by atoms with Crippen LogP contribution >= 0.6 is 23.8 Å². The summed E-state index contributed by atoms with van der Waals surface area (Å²) in [6, 6.07) is 13.1. The fraction of sp³-hybridized carbons (Fsp3) is 0.316. The van der Waals surface area contributed by atoms with Crippen molar-refractivity contribution in [1.29, 1.82) is 0 Å². The number of benzene rings is 2. The van der Waals surface area contributed by atoms with Crippen LogP contribution in [0.3, 0.4) is 0 Å². The first-order valence-corrected chi connectivity index (χ1v) is 9.25. The Morgan fingerprint density at radius 3 is 2.92 bits per heavy atom. The largest absolute Gasteiger partial charge is 0.371 e. The maximum atomic E-state index is 13.2. The second kappa shape index (κ2) is 8.50.